The van der Waals surface area contributed by atoms with Crippen LogP contribution in [0.15, 0.2) is 18.2 Å². The molecule has 0 aromatic heterocycles. The van der Waals surface area contributed by atoms with E-state index in [0.29, 0.717) is 5.56 Å². The van der Waals surface area contributed by atoms with Crippen molar-refractivity contribution in [3.8, 4) is 5.75 Å². The molecule has 0 unspecified atom stereocenters. The summed E-state index contributed by atoms with van der Waals surface area (Å²) >= 11 is 0. The van der Waals surface area contributed by atoms with Crippen LogP contribution in [0.4, 0.5) is 0 Å². The number of Topliss-reactive ketones (excluding diaryl/α,β-unsaturated/α-hetero) is 1. The van der Waals surface area contributed by atoms with E-state index in [9.17, 15) is 4.79 Å². The molecule has 0 radical (unpaired) electrons. The predicted molar refractivity (Wildman–Crippen MR) is 77.8 cm³/mol. The molecule has 1 fully saturated rings. The number of ketones is 1. The van der Waals surface area contributed by atoms with Gasteiger partial charge in [-0.05, 0) is 63.1 Å². The van der Waals surface area contributed by atoms with Gasteiger partial charge in [0.1, 0.15) is 5.75 Å². The molecule has 0 aliphatic heterocycles. The summed E-state index contributed by atoms with van der Waals surface area (Å²) in [5, 5.41) is 0. The van der Waals surface area contributed by atoms with Crippen LogP contribution in [-0.4, -0.2) is 11.9 Å². The Kier molecular flexibility index (Phi) is 4.62. The zero-order valence-electron chi connectivity index (χ0n) is 12.2. The fraction of sp³-hybridized carbons (Fsp3) is 0.588. The molecule has 0 bridgehead atoms. The van der Waals surface area contributed by atoms with Crippen molar-refractivity contribution in [1.29, 1.82) is 0 Å². The second-order valence-corrected chi connectivity index (χ2v) is 5.72. The van der Waals surface area contributed by atoms with Crippen molar-refractivity contribution < 1.29 is 9.53 Å². The van der Waals surface area contributed by atoms with Gasteiger partial charge < -0.3 is 4.74 Å². The SMILES string of the molecule is CCC1CCC(Oc2cc(C)ccc2C(C)=O)CC1. The minimum Gasteiger partial charge on any atom is -0.490 e. The first-order valence-electron chi connectivity index (χ1n) is 7.38. The van der Waals surface area contributed by atoms with E-state index in [2.05, 4.69) is 6.92 Å². The molecule has 1 aromatic rings. The van der Waals surface area contributed by atoms with Crippen LogP contribution in [0.1, 0.15) is 61.9 Å². The van der Waals surface area contributed by atoms with E-state index in [-0.39, 0.29) is 11.9 Å². The van der Waals surface area contributed by atoms with Gasteiger partial charge in [-0.3, -0.25) is 4.79 Å². The van der Waals surface area contributed by atoms with Gasteiger partial charge in [0.15, 0.2) is 5.78 Å². The molecule has 1 saturated carbocycles. The van der Waals surface area contributed by atoms with E-state index in [0.717, 1.165) is 30.1 Å². The molecule has 104 valence electrons. The molecule has 0 atom stereocenters. The maximum absolute atomic E-state index is 11.6. The van der Waals surface area contributed by atoms with Gasteiger partial charge in [-0.25, -0.2) is 0 Å². The summed E-state index contributed by atoms with van der Waals surface area (Å²) in [6, 6.07) is 5.84. The first-order chi connectivity index (χ1) is 9.10. The van der Waals surface area contributed by atoms with Crippen molar-refractivity contribution >= 4 is 5.78 Å². The minimum absolute atomic E-state index is 0.0808. The molecule has 0 N–H and O–H groups in total. The van der Waals surface area contributed by atoms with Crippen LogP contribution in [0.3, 0.4) is 0 Å². The van der Waals surface area contributed by atoms with Gasteiger partial charge in [-0.1, -0.05) is 19.4 Å². The molecule has 1 aliphatic carbocycles. The Morgan fingerprint density at radius 2 is 1.95 bits per heavy atom. The number of rotatable bonds is 4. The number of carbonyl (C=O) groups excluding carboxylic acids is 1. The average molecular weight is 260 g/mol. The molecule has 2 nitrogen and oxygen atoms in total. The van der Waals surface area contributed by atoms with E-state index < -0.39 is 0 Å². The lowest BCUT2D eigenvalue weighted by Gasteiger charge is -2.29. The average Bonchev–Trinajstić information content (AvgIpc) is 2.39. The molecule has 0 spiro atoms. The van der Waals surface area contributed by atoms with Crippen LogP contribution in [0.2, 0.25) is 0 Å². The van der Waals surface area contributed by atoms with Crippen molar-refractivity contribution in [2.45, 2.75) is 59.0 Å². The third kappa shape index (κ3) is 3.59. The lowest BCUT2D eigenvalue weighted by Crippen LogP contribution is -2.24. The molecule has 1 aliphatic rings. The van der Waals surface area contributed by atoms with Gasteiger partial charge in [-0.2, -0.15) is 0 Å². The molecule has 1 aromatic carbocycles. The van der Waals surface area contributed by atoms with E-state index in [4.69, 9.17) is 4.74 Å². The second kappa shape index (κ2) is 6.23. The minimum atomic E-state index is 0.0808. The molecule has 2 rings (SSSR count). The van der Waals surface area contributed by atoms with E-state index in [1.807, 2.05) is 25.1 Å². The van der Waals surface area contributed by atoms with Gasteiger partial charge in [-0.15, -0.1) is 0 Å². The Hall–Kier alpha value is -1.31. The topological polar surface area (TPSA) is 26.3 Å². The summed E-state index contributed by atoms with van der Waals surface area (Å²) in [5.74, 6) is 1.72. The molecule has 0 heterocycles. The molecular formula is C17H24O2. The maximum Gasteiger partial charge on any atom is 0.163 e. The number of hydrogen-bond acceptors (Lipinski definition) is 2. The lowest BCUT2D eigenvalue weighted by atomic mass is 9.86. The van der Waals surface area contributed by atoms with Gasteiger partial charge in [0.05, 0.1) is 11.7 Å². The third-order valence-electron chi connectivity index (χ3n) is 4.18. The number of aryl methyl sites for hydroxylation is 1. The second-order valence-electron chi connectivity index (χ2n) is 5.72. The summed E-state index contributed by atoms with van der Waals surface area (Å²) in [6.45, 7) is 5.90. The Labute approximate surface area is 116 Å². The van der Waals surface area contributed by atoms with Crippen LogP contribution in [0.25, 0.3) is 0 Å². The van der Waals surface area contributed by atoms with E-state index >= 15 is 0 Å². The molecule has 0 saturated heterocycles. The summed E-state index contributed by atoms with van der Waals surface area (Å²) in [7, 11) is 0. The summed E-state index contributed by atoms with van der Waals surface area (Å²) in [4.78, 5) is 11.6. The molecule has 0 amide bonds. The fourth-order valence-corrected chi connectivity index (χ4v) is 2.86. The monoisotopic (exact) mass is 260 g/mol. The molecular weight excluding hydrogens is 236 g/mol. The zero-order chi connectivity index (χ0) is 13.8. The zero-order valence-corrected chi connectivity index (χ0v) is 12.2. The number of carbonyl (C=O) groups is 1. The first kappa shape index (κ1) is 14.1. The van der Waals surface area contributed by atoms with Crippen molar-refractivity contribution in [1.82, 2.24) is 0 Å². The van der Waals surface area contributed by atoms with E-state index in [1.54, 1.807) is 6.92 Å². The van der Waals surface area contributed by atoms with Gasteiger partial charge in [0.25, 0.3) is 0 Å². The quantitative estimate of drug-likeness (QED) is 0.743. The molecule has 2 heteroatoms. The first-order valence-corrected chi connectivity index (χ1v) is 7.38. The van der Waals surface area contributed by atoms with Crippen molar-refractivity contribution in [2.24, 2.45) is 5.92 Å². The van der Waals surface area contributed by atoms with Crippen LogP contribution < -0.4 is 4.74 Å². The van der Waals surface area contributed by atoms with Crippen molar-refractivity contribution in [3.63, 3.8) is 0 Å². The van der Waals surface area contributed by atoms with Crippen LogP contribution in [-0.2, 0) is 0 Å². The van der Waals surface area contributed by atoms with Gasteiger partial charge >= 0.3 is 0 Å². The standard InChI is InChI=1S/C17H24O2/c1-4-14-6-8-15(9-7-14)19-17-11-12(2)5-10-16(17)13(3)18/h5,10-11,14-15H,4,6-9H2,1-3H3. The maximum atomic E-state index is 11.6. The smallest absolute Gasteiger partial charge is 0.163 e. The normalized spacial score (nSPS) is 23.1. The summed E-state index contributed by atoms with van der Waals surface area (Å²) in [6.07, 6.45) is 6.29. The summed E-state index contributed by atoms with van der Waals surface area (Å²) < 4.78 is 6.10. The predicted octanol–water partition coefficient (Wildman–Crippen LogP) is 4.55. The Morgan fingerprint density at radius 3 is 2.53 bits per heavy atom. The Bertz CT molecular complexity index is 443. The fourth-order valence-electron chi connectivity index (χ4n) is 2.86. The number of ether oxygens (including phenoxy) is 1. The van der Waals surface area contributed by atoms with E-state index in [1.165, 1.54) is 19.3 Å². The Balaban J connectivity index is 2.06. The van der Waals surface area contributed by atoms with Gasteiger partial charge in [0.2, 0.25) is 0 Å². The van der Waals surface area contributed by atoms with Crippen LogP contribution in [0, 0.1) is 12.8 Å². The van der Waals surface area contributed by atoms with Crippen molar-refractivity contribution in [3.05, 3.63) is 29.3 Å². The largest absolute Gasteiger partial charge is 0.490 e. The summed E-state index contributed by atoms with van der Waals surface area (Å²) in [5.41, 5.74) is 1.85. The highest BCUT2D eigenvalue weighted by Crippen LogP contribution is 2.31. The lowest BCUT2D eigenvalue weighted by molar-refractivity contribution is 0.0994. The highest BCUT2D eigenvalue weighted by atomic mass is 16.5. The van der Waals surface area contributed by atoms with Crippen LogP contribution >= 0.6 is 0 Å². The third-order valence-corrected chi connectivity index (χ3v) is 4.18. The van der Waals surface area contributed by atoms with Gasteiger partial charge in [0, 0.05) is 0 Å². The highest BCUT2D eigenvalue weighted by molar-refractivity contribution is 5.96. The van der Waals surface area contributed by atoms with Crippen molar-refractivity contribution in [2.75, 3.05) is 0 Å². The number of hydrogen-bond donors (Lipinski definition) is 0. The highest BCUT2D eigenvalue weighted by Gasteiger charge is 2.22. The number of benzene rings is 1. The van der Waals surface area contributed by atoms with Crippen LogP contribution in [0.5, 0.6) is 5.75 Å². The molecule has 19 heavy (non-hydrogen) atoms. The Morgan fingerprint density at radius 1 is 1.26 bits per heavy atom.